The molecule has 1 aromatic rings. The normalized spacial score (nSPS) is 22.8. The van der Waals surface area contributed by atoms with E-state index in [4.69, 9.17) is 20.9 Å². The highest BCUT2D eigenvalue weighted by Crippen LogP contribution is 2.30. The zero-order chi connectivity index (χ0) is 16.2. The van der Waals surface area contributed by atoms with E-state index in [1.807, 2.05) is 19.1 Å². The third kappa shape index (κ3) is 3.83. The van der Waals surface area contributed by atoms with Gasteiger partial charge in [-0.1, -0.05) is 0 Å². The molecule has 126 valence electrons. The number of hydrogen-bond donors (Lipinski definition) is 4. The summed E-state index contributed by atoms with van der Waals surface area (Å²) < 4.78 is 5.97. The van der Waals surface area contributed by atoms with Gasteiger partial charge in [0.2, 0.25) is 0 Å². The number of piperidine rings is 1. The van der Waals surface area contributed by atoms with Gasteiger partial charge in [-0.15, -0.1) is 0 Å². The Bertz CT molecular complexity index is 558. The molecule has 2 aliphatic rings. The maximum absolute atomic E-state index is 8.31. The van der Waals surface area contributed by atoms with Crippen molar-refractivity contribution in [2.24, 2.45) is 5.90 Å². The van der Waals surface area contributed by atoms with Gasteiger partial charge in [0.15, 0.2) is 0 Å². The van der Waals surface area contributed by atoms with E-state index < -0.39 is 0 Å². The zero-order valence-corrected chi connectivity index (χ0v) is 13.6. The lowest BCUT2D eigenvalue weighted by Gasteiger charge is -2.30. The molecule has 5 N–H and O–H groups in total. The van der Waals surface area contributed by atoms with Crippen molar-refractivity contribution in [3.63, 3.8) is 0 Å². The Morgan fingerprint density at radius 2 is 2.17 bits per heavy atom. The molecule has 1 fully saturated rings. The van der Waals surface area contributed by atoms with E-state index in [0.29, 0.717) is 11.9 Å². The first-order valence-corrected chi connectivity index (χ1v) is 8.38. The minimum Gasteiger partial charge on any atom is -0.487 e. The van der Waals surface area contributed by atoms with Gasteiger partial charge in [0.05, 0.1) is 0 Å². The largest absolute Gasteiger partial charge is 0.487 e. The van der Waals surface area contributed by atoms with E-state index in [1.54, 1.807) is 0 Å². The van der Waals surface area contributed by atoms with Crippen LogP contribution in [0, 0.1) is 5.41 Å². The minimum atomic E-state index is -0.122. The summed E-state index contributed by atoms with van der Waals surface area (Å²) in [5, 5.41) is 15.0. The highest BCUT2D eigenvalue weighted by molar-refractivity contribution is 5.96. The predicted octanol–water partition coefficient (Wildman–Crippen LogP) is 1.33. The summed E-state index contributed by atoms with van der Waals surface area (Å²) in [5.74, 6) is 6.63. The Balaban J connectivity index is 1.65. The van der Waals surface area contributed by atoms with Gasteiger partial charge in [-0.3, -0.25) is 10.2 Å². The standard InChI is InChI=1S/C17H26N4O2/c1-11(23-19)15-4-2-12-10-13(3-5-16(12)22-15)17(18)21-14-6-8-20-9-7-14/h3,5,10-11,14-15,20H,2,4,6-9,19H2,1H3,(H2,18,21)/t11-,15+/m0/s1. The van der Waals surface area contributed by atoms with Crippen LogP contribution in [0.3, 0.4) is 0 Å². The first-order chi connectivity index (χ1) is 11.2. The van der Waals surface area contributed by atoms with Crippen LogP contribution in [0.1, 0.15) is 37.3 Å². The molecule has 2 atom stereocenters. The van der Waals surface area contributed by atoms with E-state index in [2.05, 4.69) is 16.7 Å². The van der Waals surface area contributed by atoms with E-state index in [0.717, 1.165) is 55.6 Å². The molecule has 23 heavy (non-hydrogen) atoms. The van der Waals surface area contributed by atoms with Crippen molar-refractivity contribution < 1.29 is 9.57 Å². The number of ether oxygens (including phenoxy) is 1. The molecule has 2 aliphatic heterocycles. The fourth-order valence-corrected chi connectivity index (χ4v) is 3.24. The van der Waals surface area contributed by atoms with Crippen LogP contribution < -0.4 is 21.3 Å². The molecule has 0 radical (unpaired) electrons. The van der Waals surface area contributed by atoms with E-state index in [1.165, 1.54) is 0 Å². The summed E-state index contributed by atoms with van der Waals surface area (Å²) >= 11 is 0. The number of amidine groups is 1. The van der Waals surface area contributed by atoms with Crippen molar-refractivity contribution in [1.29, 1.82) is 5.41 Å². The molecule has 0 aliphatic carbocycles. The van der Waals surface area contributed by atoms with Crippen LogP contribution in [0.15, 0.2) is 18.2 Å². The zero-order valence-electron chi connectivity index (χ0n) is 13.6. The van der Waals surface area contributed by atoms with Crippen LogP contribution >= 0.6 is 0 Å². The molecule has 1 saturated heterocycles. The van der Waals surface area contributed by atoms with Crippen LogP contribution in [-0.4, -0.2) is 37.2 Å². The molecule has 6 nitrogen and oxygen atoms in total. The highest BCUT2D eigenvalue weighted by atomic mass is 16.6. The van der Waals surface area contributed by atoms with Gasteiger partial charge in [0.25, 0.3) is 0 Å². The van der Waals surface area contributed by atoms with Gasteiger partial charge in [-0.2, -0.15) is 0 Å². The minimum absolute atomic E-state index is 0.00864. The third-order valence-corrected chi connectivity index (χ3v) is 4.75. The van der Waals surface area contributed by atoms with Gasteiger partial charge in [0.1, 0.15) is 23.8 Å². The van der Waals surface area contributed by atoms with Crippen molar-refractivity contribution in [1.82, 2.24) is 10.6 Å². The smallest absolute Gasteiger partial charge is 0.127 e. The summed E-state index contributed by atoms with van der Waals surface area (Å²) in [7, 11) is 0. The Hall–Kier alpha value is -1.63. The number of hydrogen-bond acceptors (Lipinski definition) is 5. The lowest BCUT2D eigenvalue weighted by Crippen LogP contribution is -2.42. The average molecular weight is 318 g/mol. The lowest BCUT2D eigenvalue weighted by atomic mass is 9.97. The number of fused-ring (bicyclic) bond motifs is 1. The summed E-state index contributed by atoms with van der Waals surface area (Å²) in [6, 6.07) is 6.36. The summed E-state index contributed by atoms with van der Waals surface area (Å²) in [6.07, 6.45) is 3.80. The second-order valence-electron chi connectivity index (χ2n) is 6.40. The first-order valence-electron chi connectivity index (χ1n) is 8.38. The molecule has 0 aromatic heterocycles. The summed E-state index contributed by atoms with van der Waals surface area (Å²) in [5.41, 5.74) is 2.08. The predicted molar refractivity (Wildman–Crippen MR) is 89.8 cm³/mol. The quantitative estimate of drug-likeness (QED) is 0.382. The molecule has 0 saturated carbocycles. The number of aryl methyl sites for hydroxylation is 1. The Kier molecular flexibility index (Phi) is 5.15. The second kappa shape index (κ2) is 7.29. The van der Waals surface area contributed by atoms with Crippen LogP contribution in [0.2, 0.25) is 0 Å². The fraction of sp³-hybridized carbons (Fsp3) is 0.588. The van der Waals surface area contributed by atoms with Gasteiger partial charge in [-0.05, 0) is 69.5 Å². The maximum Gasteiger partial charge on any atom is 0.127 e. The Morgan fingerprint density at radius 1 is 1.39 bits per heavy atom. The molecular weight excluding hydrogens is 292 g/mol. The van der Waals surface area contributed by atoms with E-state index >= 15 is 0 Å². The molecule has 2 heterocycles. The Labute approximate surface area is 137 Å². The van der Waals surface area contributed by atoms with Gasteiger partial charge in [0, 0.05) is 11.6 Å². The monoisotopic (exact) mass is 318 g/mol. The van der Waals surface area contributed by atoms with Crippen molar-refractivity contribution in [3.05, 3.63) is 29.3 Å². The number of nitrogens with two attached hydrogens (primary N) is 1. The first kappa shape index (κ1) is 16.2. The maximum atomic E-state index is 8.31. The molecule has 3 rings (SSSR count). The molecule has 0 bridgehead atoms. The number of rotatable bonds is 4. The van der Waals surface area contributed by atoms with Gasteiger partial charge in [-0.25, -0.2) is 5.90 Å². The number of benzene rings is 1. The summed E-state index contributed by atoms with van der Waals surface area (Å²) in [6.45, 7) is 3.96. The van der Waals surface area contributed by atoms with Crippen molar-refractivity contribution in [2.45, 2.75) is 50.9 Å². The van der Waals surface area contributed by atoms with Crippen molar-refractivity contribution in [3.8, 4) is 5.75 Å². The molecule has 0 amide bonds. The number of nitrogens with one attached hydrogen (secondary N) is 3. The van der Waals surface area contributed by atoms with Crippen LogP contribution in [0.4, 0.5) is 0 Å². The molecular formula is C17H26N4O2. The van der Waals surface area contributed by atoms with Crippen molar-refractivity contribution in [2.75, 3.05) is 13.1 Å². The third-order valence-electron chi connectivity index (χ3n) is 4.75. The van der Waals surface area contributed by atoms with Gasteiger partial charge >= 0.3 is 0 Å². The van der Waals surface area contributed by atoms with Gasteiger partial charge < -0.3 is 15.4 Å². The van der Waals surface area contributed by atoms with Crippen LogP contribution in [-0.2, 0) is 11.3 Å². The SMILES string of the molecule is C[C@H](ON)[C@H]1CCc2cc(C(=N)NC3CCNCC3)ccc2O1. The molecule has 0 unspecified atom stereocenters. The van der Waals surface area contributed by atoms with E-state index in [9.17, 15) is 0 Å². The fourth-order valence-electron chi connectivity index (χ4n) is 3.24. The highest BCUT2D eigenvalue weighted by Gasteiger charge is 2.26. The molecule has 0 spiro atoms. The molecule has 1 aromatic carbocycles. The molecule has 6 heteroatoms. The average Bonchev–Trinajstić information content (AvgIpc) is 2.61. The Morgan fingerprint density at radius 3 is 2.91 bits per heavy atom. The topological polar surface area (TPSA) is 92.4 Å². The lowest BCUT2D eigenvalue weighted by molar-refractivity contribution is -0.0238. The second-order valence-corrected chi connectivity index (χ2v) is 6.40. The van der Waals surface area contributed by atoms with Crippen LogP contribution in [0.25, 0.3) is 0 Å². The van der Waals surface area contributed by atoms with Crippen LogP contribution in [0.5, 0.6) is 5.75 Å². The summed E-state index contributed by atoms with van der Waals surface area (Å²) in [4.78, 5) is 4.88. The van der Waals surface area contributed by atoms with Crippen molar-refractivity contribution >= 4 is 5.84 Å². The van der Waals surface area contributed by atoms with E-state index in [-0.39, 0.29) is 12.2 Å².